The Kier molecular flexibility index (Phi) is 8.94. The van der Waals surface area contributed by atoms with Crippen LogP contribution in [0.25, 0.3) is 16.9 Å². The number of carbonyl (C=O) groups excluding carboxylic acids is 2. The van der Waals surface area contributed by atoms with Crippen molar-refractivity contribution in [1.29, 1.82) is 5.26 Å². The van der Waals surface area contributed by atoms with Crippen LogP contribution in [0.2, 0.25) is 0 Å². The first kappa shape index (κ1) is 30.4. The predicted molar refractivity (Wildman–Crippen MR) is 160 cm³/mol. The first-order valence-electron chi connectivity index (χ1n) is 14.8. The van der Waals surface area contributed by atoms with Crippen molar-refractivity contribution in [2.45, 2.75) is 57.3 Å². The van der Waals surface area contributed by atoms with Gasteiger partial charge in [0, 0.05) is 24.7 Å². The number of aliphatic hydroxyl groups is 1. The average molecular weight is 591 g/mol. The second-order valence-electron chi connectivity index (χ2n) is 12.4. The molecule has 43 heavy (non-hydrogen) atoms. The third-order valence-corrected chi connectivity index (χ3v) is 8.50. The number of aromatic nitrogens is 3. The van der Waals surface area contributed by atoms with Gasteiger partial charge < -0.3 is 26.0 Å². The van der Waals surface area contributed by atoms with E-state index in [4.69, 9.17) is 0 Å². The molecule has 1 atom stereocenters. The van der Waals surface area contributed by atoms with Gasteiger partial charge in [0.2, 0.25) is 5.91 Å². The highest BCUT2D eigenvalue weighted by Crippen LogP contribution is 2.33. The Morgan fingerprint density at radius 2 is 1.93 bits per heavy atom. The first-order chi connectivity index (χ1) is 20.5. The number of nitriles is 1. The number of piperidine rings is 1. The molecule has 4 N–H and O–H groups in total. The zero-order chi connectivity index (χ0) is 30.7. The fourth-order valence-corrected chi connectivity index (χ4v) is 5.58. The van der Waals surface area contributed by atoms with Crippen LogP contribution >= 0.6 is 0 Å². The molecule has 0 unspecified atom stereocenters. The Bertz CT molecular complexity index is 1510. The number of amides is 2. The maximum atomic E-state index is 14.4. The van der Waals surface area contributed by atoms with Gasteiger partial charge in [-0.1, -0.05) is 0 Å². The van der Waals surface area contributed by atoms with Crippen molar-refractivity contribution in [3.05, 3.63) is 47.8 Å². The van der Waals surface area contributed by atoms with Crippen molar-refractivity contribution in [1.82, 2.24) is 30.1 Å². The van der Waals surface area contributed by atoms with E-state index in [1.807, 2.05) is 12.1 Å². The van der Waals surface area contributed by atoms with Crippen molar-refractivity contribution < 1.29 is 19.1 Å². The lowest BCUT2D eigenvalue weighted by atomic mass is 9.80. The van der Waals surface area contributed by atoms with Crippen molar-refractivity contribution in [3.8, 4) is 17.5 Å². The van der Waals surface area contributed by atoms with E-state index in [0.29, 0.717) is 35.1 Å². The lowest BCUT2D eigenvalue weighted by Gasteiger charge is -2.37. The second-order valence-corrected chi connectivity index (χ2v) is 12.4. The fraction of sp³-hybridized carbons (Fsp3) is 0.516. The van der Waals surface area contributed by atoms with Gasteiger partial charge in [-0.15, -0.1) is 0 Å². The van der Waals surface area contributed by atoms with Crippen LogP contribution in [0, 0.1) is 23.2 Å². The summed E-state index contributed by atoms with van der Waals surface area (Å²) in [5.74, 6) is 0.0346. The molecule has 0 bridgehead atoms. The maximum Gasteiger partial charge on any atom is 0.255 e. The summed E-state index contributed by atoms with van der Waals surface area (Å²) in [6.45, 7) is 4.87. The van der Waals surface area contributed by atoms with Gasteiger partial charge in [-0.2, -0.15) is 10.4 Å². The lowest BCUT2D eigenvalue weighted by molar-refractivity contribution is -0.126. The molecule has 2 amide bonds. The summed E-state index contributed by atoms with van der Waals surface area (Å²) < 4.78 is 16.0. The molecule has 11 nitrogen and oxygen atoms in total. The molecule has 1 saturated heterocycles. The van der Waals surface area contributed by atoms with Crippen molar-refractivity contribution >= 4 is 23.0 Å². The molecular weight excluding hydrogens is 551 g/mol. The summed E-state index contributed by atoms with van der Waals surface area (Å²) in [5.41, 5.74) is 1.64. The van der Waals surface area contributed by atoms with Gasteiger partial charge in [0.15, 0.2) is 0 Å². The van der Waals surface area contributed by atoms with Gasteiger partial charge in [-0.25, -0.2) is 8.91 Å². The Morgan fingerprint density at radius 1 is 1.19 bits per heavy atom. The van der Waals surface area contributed by atoms with Crippen LogP contribution < -0.4 is 16.0 Å². The summed E-state index contributed by atoms with van der Waals surface area (Å²) in [7, 11) is 2.08. The third-order valence-electron chi connectivity index (χ3n) is 8.50. The summed E-state index contributed by atoms with van der Waals surface area (Å²) in [4.78, 5) is 32.5. The third kappa shape index (κ3) is 7.12. The molecule has 0 spiro atoms. The lowest BCUT2D eigenvalue weighted by Crippen LogP contribution is -2.45. The summed E-state index contributed by atoms with van der Waals surface area (Å²) in [6, 6.07) is 9.35. The number of rotatable bonds is 10. The minimum atomic E-state index is -1.64. The molecule has 12 heteroatoms. The van der Waals surface area contributed by atoms with Crippen LogP contribution in [0.3, 0.4) is 0 Å². The molecule has 5 rings (SSSR count). The Hall–Kier alpha value is -4.08. The van der Waals surface area contributed by atoms with E-state index in [-0.39, 0.29) is 30.0 Å². The Labute approximate surface area is 250 Å². The van der Waals surface area contributed by atoms with Gasteiger partial charge in [0.1, 0.15) is 12.2 Å². The van der Waals surface area contributed by atoms with Crippen LogP contribution in [0.15, 0.2) is 36.7 Å². The fourth-order valence-electron chi connectivity index (χ4n) is 5.58. The molecule has 0 radical (unpaired) electrons. The number of nitrogens with zero attached hydrogens (tertiary/aromatic N) is 5. The number of hydrogen-bond acceptors (Lipinski definition) is 8. The molecule has 3 aromatic heterocycles. The monoisotopic (exact) mass is 590 g/mol. The molecule has 3 aromatic rings. The number of nitrogens with one attached hydrogen (secondary N) is 3. The minimum absolute atomic E-state index is 0.0768. The standard InChI is InChI=1S/C31H39FN8O3/c1-31(2,43)28(32)18-36-30(42)24-17-34-26(27-5-4-23-12-20(14-33)16-37-40(23)27)13-25(24)38-22-10-19(11-22)15-35-29(41)21-6-8-39(3)9-7-21/h4-5,12-13,16-17,19,21-22,28,43H,6-11,15,18H2,1-3H3,(H,34,38)(H,35,41)(H,36,42)/t19-,22-,28-/m1/s1. The van der Waals surface area contributed by atoms with E-state index >= 15 is 0 Å². The second kappa shape index (κ2) is 12.7. The normalized spacial score (nSPS) is 20.2. The highest BCUT2D eigenvalue weighted by atomic mass is 19.1. The highest BCUT2D eigenvalue weighted by Gasteiger charge is 2.32. The molecule has 2 aliphatic rings. The zero-order valence-electron chi connectivity index (χ0n) is 24.8. The summed E-state index contributed by atoms with van der Waals surface area (Å²) in [6.07, 6.45) is 4.70. The number of likely N-dealkylation sites (tertiary alicyclic amines) is 1. The number of anilines is 1. The van der Waals surface area contributed by atoms with Gasteiger partial charge in [0.05, 0.1) is 52.1 Å². The van der Waals surface area contributed by atoms with E-state index in [9.17, 15) is 24.3 Å². The number of carbonyl (C=O) groups is 2. The van der Waals surface area contributed by atoms with Crippen LogP contribution in [0.5, 0.6) is 0 Å². The van der Waals surface area contributed by atoms with Gasteiger partial charge in [-0.05, 0) is 89.9 Å². The number of hydrogen-bond donors (Lipinski definition) is 4. The average Bonchev–Trinajstić information content (AvgIpc) is 3.39. The predicted octanol–water partition coefficient (Wildman–Crippen LogP) is 2.76. The van der Waals surface area contributed by atoms with Crippen LogP contribution in [0.1, 0.15) is 55.5 Å². The summed E-state index contributed by atoms with van der Waals surface area (Å²) in [5, 5.41) is 32.7. The van der Waals surface area contributed by atoms with Crippen molar-refractivity contribution in [2.24, 2.45) is 11.8 Å². The molecule has 4 heterocycles. The molecular formula is C31H39FN8O3. The zero-order valence-corrected chi connectivity index (χ0v) is 24.8. The molecule has 228 valence electrons. The molecule has 2 fully saturated rings. The largest absolute Gasteiger partial charge is 0.387 e. The minimum Gasteiger partial charge on any atom is -0.387 e. The maximum absolute atomic E-state index is 14.4. The Balaban J connectivity index is 1.28. The number of fused-ring (bicyclic) bond motifs is 1. The van der Waals surface area contributed by atoms with Crippen molar-refractivity contribution in [2.75, 3.05) is 38.5 Å². The van der Waals surface area contributed by atoms with Crippen LogP contribution in [-0.2, 0) is 4.79 Å². The smallest absolute Gasteiger partial charge is 0.255 e. The molecule has 1 aliphatic carbocycles. The Morgan fingerprint density at radius 3 is 2.63 bits per heavy atom. The number of halogens is 1. The van der Waals surface area contributed by atoms with Crippen LogP contribution in [-0.4, -0.2) is 87.5 Å². The van der Waals surface area contributed by atoms with Gasteiger partial charge in [0.25, 0.3) is 5.91 Å². The highest BCUT2D eigenvalue weighted by molar-refractivity contribution is 6.00. The van der Waals surface area contributed by atoms with E-state index in [2.05, 4.69) is 44.0 Å². The topological polar surface area (TPSA) is 148 Å². The van der Waals surface area contributed by atoms with E-state index in [1.165, 1.54) is 26.2 Å². The first-order valence-corrected chi connectivity index (χ1v) is 14.8. The van der Waals surface area contributed by atoms with E-state index < -0.39 is 17.7 Å². The SMILES string of the molecule is CN1CCC(C(=O)NC[C@H]2C[C@H](Nc3cc(-c4ccc5cc(C#N)cnn45)ncc3C(=O)NC[C@@H](F)C(C)(C)O)C2)CC1. The number of alkyl halides is 1. The van der Waals surface area contributed by atoms with Crippen LogP contribution in [0.4, 0.5) is 10.1 Å². The molecule has 1 aliphatic heterocycles. The van der Waals surface area contributed by atoms with E-state index in [1.54, 1.807) is 16.6 Å². The summed E-state index contributed by atoms with van der Waals surface area (Å²) >= 11 is 0. The quantitative estimate of drug-likeness (QED) is 0.282. The van der Waals surface area contributed by atoms with Crippen molar-refractivity contribution in [3.63, 3.8) is 0 Å². The number of pyridine rings is 1. The van der Waals surface area contributed by atoms with Gasteiger partial charge >= 0.3 is 0 Å². The van der Waals surface area contributed by atoms with E-state index in [0.717, 1.165) is 44.3 Å². The van der Waals surface area contributed by atoms with Gasteiger partial charge in [-0.3, -0.25) is 14.6 Å². The molecule has 0 aromatic carbocycles. The molecule has 1 saturated carbocycles.